The molecular formula is C16H24Cl2N10O4. The standard InChI is InChI=1S/2C8H12ClN5O2/c2*1-4(2)11-8-13-6(9)12-7(14-8)10-3-5(15)16/h2*4H,3H2,1-2H3,(H,15,16)(H2,10,11,12,13,14). The molecule has 0 spiro atoms. The Kier molecular flexibility index (Phi) is 11.1. The second-order valence-corrected chi connectivity index (χ2v) is 7.27. The number of hydrogen-bond acceptors (Lipinski definition) is 12. The number of rotatable bonds is 10. The van der Waals surface area contributed by atoms with E-state index in [1.165, 1.54) is 0 Å². The second-order valence-electron chi connectivity index (χ2n) is 6.60. The van der Waals surface area contributed by atoms with E-state index in [0.29, 0.717) is 11.9 Å². The largest absolute Gasteiger partial charge is 0.480 e. The highest BCUT2D eigenvalue weighted by molar-refractivity contribution is 6.28. The minimum Gasteiger partial charge on any atom is -0.480 e. The van der Waals surface area contributed by atoms with E-state index in [1.807, 2.05) is 27.7 Å². The van der Waals surface area contributed by atoms with Crippen molar-refractivity contribution >= 4 is 58.9 Å². The maximum atomic E-state index is 10.3. The molecule has 0 saturated heterocycles. The molecular weight excluding hydrogens is 467 g/mol. The number of nitrogens with one attached hydrogen (secondary N) is 4. The van der Waals surface area contributed by atoms with Crippen LogP contribution >= 0.6 is 23.2 Å². The normalized spacial score (nSPS) is 10.2. The molecule has 176 valence electrons. The van der Waals surface area contributed by atoms with Crippen molar-refractivity contribution in [1.29, 1.82) is 0 Å². The van der Waals surface area contributed by atoms with Crippen LogP contribution in [-0.4, -0.2) is 77.2 Å². The molecule has 0 aliphatic carbocycles. The van der Waals surface area contributed by atoms with Crippen LogP contribution < -0.4 is 21.3 Å². The minimum atomic E-state index is -1.00. The van der Waals surface area contributed by atoms with E-state index in [4.69, 9.17) is 33.4 Å². The zero-order valence-corrected chi connectivity index (χ0v) is 19.2. The van der Waals surface area contributed by atoms with Gasteiger partial charge >= 0.3 is 11.9 Å². The molecule has 6 N–H and O–H groups in total. The monoisotopic (exact) mass is 490 g/mol. The molecule has 0 aliphatic heterocycles. The molecule has 0 fully saturated rings. The molecule has 0 aliphatic rings. The van der Waals surface area contributed by atoms with Crippen LogP contribution in [-0.2, 0) is 9.59 Å². The summed E-state index contributed by atoms with van der Waals surface area (Å²) in [5.41, 5.74) is 0. The number of halogens is 2. The Labute approximate surface area is 193 Å². The van der Waals surface area contributed by atoms with Crippen LogP contribution in [0.15, 0.2) is 0 Å². The molecule has 14 nitrogen and oxygen atoms in total. The topological polar surface area (TPSA) is 200 Å². The number of aromatic nitrogens is 6. The lowest BCUT2D eigenvalue weighted by Gasteiger charge is -2.09. The Hall–Kier alpha value is -3.26. The second kappa shape index (κ2) is 13.2. The van der Waals surface area contributed by atoms with E-state index in [2.05, 4.69) is 51.2 Å². The Balaban J connectivity index is 0.000000320. The molecule has 0 saturated carbocycles. The van der Waals surface area contributed by atoms with Crippen molar-refractivity contribution in [3.63, 3.8) is 0 Å². The zero-order valence-electron chi connectivity index (χ0n) is 17.7. The summed E-state index contributed by atoms with van der Waals surface area (Å²) >= 11 is 11.3. The third-order valence-corrected chi connectivity index (χ3v) is 3.19. The number of carboxylic acids is 2. The molecule has 0 bridgehead atoms. The van der Waals surface area contributed by atoms with Gasteiger partial charge in [0, 0.05) is 12.1 Å². The van der Waals surface area contributed by atoms with Gasteiger partial charge in [-0.15, -0.1) is 0 Å². The fraction of sp³-hybridized carbons (Fsp3) is 0.500. The number of carbonyl (C=O) groups is 2. The first-order valence-corrected chi connectivity index (χ1v) is 9.97. The minimum absolute atomic E-state index is 0.00559. The summed E-state index contributed by atoms with van der Waals surface area (Å²) in [6.45, 7) is 7.12. The first-order valence-electron chi connectivity index (χ1n) is 9.22. The molecule has 0 amide bonds. The highest BCUT2D eigenvalue weighted by Crippen LogP contribution is 2.11. The van der Waals surface area contributed by atoms with Crippen molar-refractivity contribution in [3.05, 3.63) is 10.6 Å². The van der Waals surface area contributed by atoms with Gasteiger partial charge in [0.1, 0.15) is 13.1 Å². The van der Waals surface area contributed by atoms with Crippen LogP contribution in [0.3, 0.4) is 0 Å². The lowest BCUT2D eigenvalue weighted by Crippen LogP contribution is -2.17. The van der Waals surface area contributed by atoms with E-state index >= 15 is 0 Å². The predicted molar refractivity (Wildman–Crippen MR) is 119 cm³/mol. The van der Waals surface area contributed by atoms with Gasteiger partial charge in [0.15, 0.2) is 0 Å². The third-order valence-electron chi connectivity index (χ3n) is 2.85. The lowest BCUT2D eigenvalue weighted by atomic mass is 10.4. The van der Waals surface area contributed by atoms with E-state index in [0.717, 1.165) is 0 Å². The van der Waals surface area contributed by atoms with E-state index in [9.17, 15) is 9.59 Å². The maximum absolute atomic E-state index is 10.3. The van der Waals surface area contributed by atoms with Crippen molar-refractivity contribution in [2.24, 2.45) is 0 Å². The first-order chi connectivity index (χ1) is 14.9. The third kappa shape index (κ3) is 11.8. The van der Waals surface area contributed by atoms with E-state index < -0.39 is 11.9 Å². The van der Waals surface area contributed by atoms with Crippen LogP contribution in [0.5, 0.6) is 0 Å². The molecule has 2 aromatic heterocycles. The molecule has 0 radical (unpaired) electrons. The molecule has 0 unspecified atom stereocenters. The average molecular weight is 491 g/mol. The highest BCUT2D eigenvalue weighted by atomic mass is 35.5. The SMILES string of the molecule is CC(C)Nc1nc(Cl)nc(NCC(=O)O)n1.CC(C)Nc1nc(Cl)nc(NCC(=O)O)n1. The molecule has 16 heteroatoms. The Morgan fingerprint density at radius 3 is 1.28 bits per heavy atom. The van der Waals surface area contributed by atoms with Crippen LogP contribution in [0.4, 0.5) is 23.8 Å². The van der Waals surface area contributed by atoms with Crippen LogP contribution in [0.25, 0.3) is 0 Å². The summed E-state index contributed by atoms with van der Waals surface area (Å²) in [6.07, 6.45) is 0. The summed E-state index contributed by atoms with van der Waals surface area (Å²) < 4.78 is 0. The van der Waals surface area contributed by atoms with Crippen LogP contribution in [0, 0.1) is 0 Å². The molecule has 2 heterocycles. The summed E-state index contributed by atoms with van der Waals surface area (Å²) in [5.74, 6) is -1.13. The number of hydrogen-bond donors (Lipinski definition) is 6. The quantitative estimate of drug-likeness (QED) is 0.280. The molecule has 2 rings (SSSR count). The summed E-state index contributed by atoms with van der Waals surface area (Å²) in [7, 11) is 0. The number of carboxylic acid groups (broad SMARTS) is 2. The number of anilines is 4. The van der Waals surface area contributed by atoms with Crippen molar-refractivity contribution in [2.45, 2.75) is 39.8 Å². The fourth-order valence-electron chi connectivity index (χ4n) is 1.81. The highest BCUT2D eigenvalue weighted by Gasteiger charge is 2.08. The maximum Gasteiger partial charge on any atom is 0.322 e. The smallest absolute Gasteiger partial charge is 0.322 e. The van der Waals surface area contributed by atoms with E-state index in [-0.39, 0.29) is 47.6 Å². The van der Waals surface area contributed by atoms with Gasteiger partial charge in [-0.05, 0) is 50.9 Å². The van der Waals surface area contributed by atoms with Gasteiger partial charge in [0.2, 0.25) is 34.4 Å². The zero-order chi connectivity index (χ0) is 24.3. The fourth-order valence-corrected chi connectivity index (χ4v) is 2.13. The number of aliphatic carboxylic acids is 2. The van der Waals surface area contributed by atoms with Gasteiger partial charge in [-0.25, -0.2) is 0 Å². The van der Waals surface area contributed by atoms with Crippen LogP contribution in [0.1, 0.15) is 27.7 Å². The average Bonchev–Trinajstić information content (AvgIpc) is 2.63. The Morgan fingerprint density at radius 1 is 0.688 bits per heavy atom. The van der Waals surface area contributed by atoms with Crippen LogP contribution in [0.2, 0.25) is 10.6 Å². The van der Waals surface area contributed by atoms with Crippen molar-refractivity contribution in [1.82, 2.24) is 29.9 Å². The number of nitrogens with zero attached hydrogens (tertiary/aromatic N) is 6. The van der Waals surface area contributed by atoms with Crippen molar-refractivity contribution < 1.29 is 19.8 Å². The predicted octanol–water partition coefficient (Wildman–Crippen LogP) is 1.68. The van der Waals surface area contributed by atoms with Crippen molar-refractivity contribution in [3.8, 4) is 0 Å². The molecule has 0 atom stereocenters. The van der Waals surface area contributed by atoms with Gasteiger partial charge < -0.3 is 31.5 Å². The van der Waals surface area contributed by atoms with Gasteiger partial charge in [-0.3, -0.25) is 9.59 Å². The summed E-state index contributed by atoms with van der Waals surface area (Å²) in [5, 5.41) is 27.9. The van der Waals surface area contributed by atoms with Crippen molar-refractivity contribution in [2.75, 3.05) is 34.4 Å². The molecule has 2 aromatic rings. The summed E-state index contributed by atoms with van der Waals surface area (Å²) in [6, 6.07) is 0.289. The van der Waals surface area contributed by atoms with Gasteiger partial charge in [0.05, 0.1) is 0 Å². The lowest BCUT2D eigenvalue weighted by molar-refractivity contribution is -0.136. The molecule has 0 aromatic carbocycles. The first kappa shape index (κ1) is 26.8. The van der Waals surface area contributed by atoms with Gasteiger partial charge in [-0.1, -0.05) is 0 Å². The van der Waals surface area contributed by atoms with Gasteiger partial charge in [-0.2, -0.15) is 29.9 Å². The van der Waals surface area contributed by atoms with Gasteiger partial charge in [0.25, 0.3) is 0 Å². The Bertz CT molecular complexity index is 843. The van der Waals surface area contributed by atoms with E-state index in [1.54, 1.807) is 0 Å². The Morgan fingerprint density at radius 2 is 1.00 bits per heavy atom. The summed E-state index contributed by atoms with van der Waals surface area (Å²) in [4.78, 5) is 43.8. The molecule has 32 heavy (non-hydrogen) atoms.